The molecule has 0 aliphatic rings. The molecule has 0 bridgehead atoms. The third-order valence-corrected chi connectivity index (χ3v) is 1.99. The highest BCUT2D eigenvalue weighted by molar-refractivity contribution is 4.95. The molecule has 0 saturated heterocycles. The van der Waals surface area contributed by atoms with Gasteiger partial charge in [0.05, 0.1) is 12.0 Å². The third-order valence-electron chi connectivity index (χ3n) is 1.99. The number of nitrogens with one attached hydrogen (secondary N) is 1. The minimum Gasteiger partial charge on any atom is -0.340 e. The van der Waals surface area contributed by atoms with Gasteiger partial charge in [-0.1, -0.05) is 0 Å². The van der Waals surface area contributed by atoms with E-state index in [1.807, 2.05) is 24.1 Å². The summed E-state index contributed by atoms with van der Waals surface area (Å²) in [5, 5.41) is 3.36. The largest absolute Gasteiger partial charge is 0.340 e. The maximum absolute atomic E-state index is 5.44. The summed E-state index contributed by atoms with van der Waals surface area (Å²) in [6.07, 6.45) is 4.83. The number of imidazole rings is 1. The fraction of sp³-hybridized carbons (Fsp3) is 0.667. The molecule has 13 heavy (non-hydrogen) atoms. The van der Waals surface area contributed by atoms with Gasteiger partial charge in [-0.05, 0) is 19.9 Å². The van der Waals surface area contributed by atoms with Crippen LogP contribution in [0.4, 0.5) is 0 Å². The van der Waals surface area contributed by atoms with Crippen LogP contribution in [0.2, 0.25) is 0 Å². The Morgan fingerprint density at radius 3 is 3.00 bits per heavy atom. The second-order valence-corrected chi connectivity index (χ2v) is 3.39. The molecule has 1 rings (SSSR count). The van der Waals surface area contributed by atoms with Crippen molar-refractivity contribution >= 4 is 0 Å². The van der Waals surface area contributed by atoms with E-state index in [-0.39, 0.29) is 0 Å². The van der Waals surface area contributed by atoms with Gasteiger partial charge in [0.1, 0.15) is 0 Å². The SMILES string of the molecule is CC(CCN)NCc1cn(C)cn1. The highest BCUT2D eigenvalue weighted by Crippen LogP contribution is 1.95. The van der Waals surface area contributed by atoms with Gasteiger partial charge in [0, 0.05) is 25.8 Å². The van der Waals surface area contributed by atoms with Crippen molar-refractivity contribution in [2.45, 2.75) is 25.9 Å². The van der Waals surface area contributed by atoms with Gasteiger partial charge in [0.15, 0.2) is 0 Å². The van der Waals surface area contributed by atoms with Crippen LogP contribution in [0.1, 0.15) is 19.0 Å². The summed E-state index contributed by atoms with van der Waals surface area (Å²) in [5.74, 6) is 0. The Hall–Kier alpha value is -0.870. The molecule has 3 N–H and O–H groups in total. The first-order chi connectivity index (χ1) is 6.22. The molecule has 1 unspecified atom stereocenters. The van der Waals surface area contributed by atoms with Crippen LogP contribution in [0.25, 0.3) is 0 Å². The van der Waals surface area contributed by atoms with E-state index in [0.29, 0.717) is 6.04 Å². The topological polar surface area (TPSA) is 55.9 Å². The summed E-state index contributed by atoms with van der Waals surface area (Å²) in [5.41, 5.74) is 6.52. The molecule has 1 aromatic heterocycles. The Kier molecular flexibility index (Phi) is 3.92. The molecule has 0 radical (unpaired) electrons. The van der Waals surface area contributed by atoms with Crippen molar-refractivity contribution in [3.63, 3.8) is 0 Å². The highest BCUT2D eigenvalue weighted by Gasteiger charge is 2.01. The molecular weight excluding hydrogens is 164 g/mol. The van der Waals surface area contributed by atoms with Gasteiger partial charge in [0.25, 0.3) is 0 Å². The summed E-state index contributed by atoms with van der Waals surface area (Å²) in [7, 11) is 1.97. The fourth-order valence-electron chi connectivity index (χ4n) is 1.19. The Morgan fingerprint density at radius 2 is 2.46 bits per heavy atom. The second kappa shape index (κ2) is 4.99. The van der Waals surface area contributed by atoms with Gasteiger partial charge in [-0.2, -0.15) is 0 Å². The lowest BCUT2D eigenvalue weighted by molar-refractivity contribution is 0.516. The molecule has 0 spiro atoms. The molecule has 0 aliphatic carbocycles. The van der Waals surface area contributed by atoms with Crippen molar-refractivity contribution in [2.24, 2.45) is 12.8 Å². The van der Waals surface area contributed by atoms with E-state index in [9.17, 15) is 0 Å². The van der Waals surface area contributed by atoms with Gasteiger partial charge in [0.2, 0.25) is 0 Å². The molecule has 1 aromatic rings. The third kappa shape index (κ3) is 3.57. The normalized spacial score (nSPS) is 13.2. The molecule has 1 heterocycles. The number of hydrogen-bond acceptors (Lipinski definition) is 3. The summed E-state index contributed by atoms with van der Waals surface area (Å²) < 4.78 is 1.95. The van der Waals surface area contributed by atoms with Crippen LogP contribution >= 0.6 is 0 Å². The van der Waals surface area contributed by atoms with Crippen LogP contribution in [-0.4, -0.2) is 22.1 Å². The van der Waals surface area contributed by atoms with Crippen LogP contribution in [0.3, 0.4) is 0 Å². The van der Waals surface area contributed by atoms with Gasteiger partial charge in [-0.15, -0.1) is 0 Å². The summed E-state index contributed by atoms with van der Waals surface area (Å²) >= 11 is 0. The molecule has 0 saturated carbocycles. The van der Waals surface area contributed by atoms with Crippen LogP contribution in [-0.2, 0) is 13.6 Å². The molecule has 4 heteroatoms. The summed E-state index contributed by atoms with van der Waals surface area (Å²) in [6, 6.07) is 0.465. The van der Waals surface area contributed by atoms with E-state index in [1.54, 1.807) is 0 Å². The molecule has 4 nitrogen and oxygen atoms in total. The quantitative estimate of drug-likeness (QED) is 0.686. The molecule has 0 amide bonds. The first kappa shape index (κ1) is 10.2. The maximum Gasteiger partial charge on any atom is 0.0947 e. The van der Waals surface area contributed by atoms with E-state index < -0.39 is 0 Å². The standard InChI is InChI=1S/C9H18N4/c1-8(3-4-10)11-5-9-6-13(2)7-12-9/h6-8,11H,3-5,10H2,1-2H3. The van der Waals surface area contributed by atoms with Crippen molar-refractivity contribution < 1.29 is 0 Å². The molecule has 74 valence electrons. The Labute approximate surface area is 79.1 Å². The Morgan fingerprint density at radius 1 is 1.69 bits per heavy atom. The van der Waals surface area contributed by atoms with E-state index in [0.717, 1.165) is 25.2 Å². The molecule has 0 aliphatic heterocycles. The van der Waals surface area contributed by atoms with E-state index in [4.69, 9.17) is 5.73 Å². The summed E-state index contributed by atoms with van der Waals surface area (Å²) in [4.78, 5) is 4.22. The Balaban J connectivity index is 2.26. The van der Waals surface area contributed by atoms with Crippen molar-refractivity contribution in [1.29, 1.82) is 0 Å². The lowest BCUT2D eigenvalue weighted by Crippen LogP contribution is -2.27. The van der Waals surface area contributed by atoms with Crippen molar-refractivity contribution in [3.8, 4) is 0 Å². The van der Waals surface area contributed by atoms with Gasteiger partial charge >= 0.3 is 0 Å². The first-order valence-corrected chi connectivity index (χ1v) is 4.62. The zero-order valence-corrected chi connectivity index (χ0v) is 8.33. The number of nitrogens with two attached hydrogens (primary N) is 1. The predicted molar refractivity (Wildman–Crippen MR) is 53.2 cm³/mol. The second-order valence-electron chi connectivity index (χ2n) is 3.39. The van der Waals surface area contributed by atoms with Gasteiger partial charge in [-0.25, -0.2) is 4.98 Å². The lowest BCUT2D eigenvalue weighted by Gasteiger charge is -2.10. The average molecular weight is 182 g/mol. The van der Waals surface area contributed by atoms with E-state index in [2.05, 4.69) is 17.2 Å². The van der Waals surface area contributed by atoms with Crippen LogP contribution in [0.15, 0.2) is 12.5 Å². The average Bonchev–Trinajstić information content (AvgIpc) is 2.49. The number of hydrogen-bond donors (Lipinski definition) is 2. The number of aryl methyl sites for hydroxylation is 1. The van der Waals surface area contributed by atoms with Crippen molar-refractivity contribution in [1.82, 2.24) is 14.9 Å². The summed E-state index contributed by atoms with van der Waals surface area (Å²) in [6.45, 7) is 3.69. The first-order valence-electron chi connectivity index (χ1n) is 4.62. The number of rotatable bonds is 5. The molecule has 0 fully saturated rings. The minimum atomic E-state index is 0.465. The molecular formula is C9H18N4. The van der Waals surface area contributed by atoms with Crippen molar-refractivity contribution in [2.75, 3.05) is 6.54 Å². The Bertz CT molecular complexity index is 244. The van der Waals surface area contributed by atoms with E-state index >= 15 is 0 Å². The van der Waals surface area contributed by atoms with Gasteiger partial charge in [-0.3, -0.25) is 0 Å². The zero-order chi connectivity index (χ0) is 9.68. The van der Waals surface area contributed by atoms with Crippen LogP contribution < -0.4 is 11.1 Å². The smallest absolute Gasteiger partial charge is 0.0947 e. The predicted octanol–water partition coefficient (Wildman–Crippen LogP) is 0.247. The van der Waals surface area contributed by atoms with E-state index in [1.165, 1.54) is 0 Å². The minimum absolute atomic E-state index is 0.465. The zero-order valence-electron chi connectivity index (χ0n) is 8.33. The number of nitrogens with zero attached hydrogens (tertiary/aromatic N) is 2. The molecule has 0 aromatic carbocycles. The van der Waals surface area contributed by atoms with Crippen LogP contribution in [0, 0.1) is 0 Å². The monoisotopic (exact) mass is 182 g/mol. The number of aromatic nitrogens is 2. The van der Waals surface area contributed by atoms with Crippen LogP contribution in [0.5, 0.6) is 0 Å². The fourth-order valence-corrected chi connectivity index (χ4v) is 1.19. The lowest BCUT2D eigenvalue weighted by atomic mass is 10.2. The highest BCUT2D eigenvalue weighted by atomic mass is 15.0. The van der Waals surface area contributed by atoms with Gasteiger partial charge < -0.3 is 15.6 Å². The molecule has 1 atom stereocenters. The maximum atomic E-state index is 5.44. The van der Waals surface area contributed by atoms with Crippen molar-refractivity contribution in [3.05, 3.63) is 18.2 Å².